The van der Waals surface area contributed by atoms with E-state index in [0.29, 0.717) is 13.1 Å². The van der Waals surface area contributed by atoms with Crippen molar-refractivity contribution in [3.8, 4) is 0 Å². The number of methoxy groups -OCH3 is 1. The maximum absolute atomic E-state index is 12.2. The van der Waals surface area contributed by atoms with Gasteiger partial charge in [0.05, 0.1) is 0 Å². The van der Waals surface area contributed by atoms with Gasteiger partial charge >= 0.3 is 12.0 Å². The van der Waals surface area contributed by atoms with E-state index in [1.165, 1.54) is 12.0 Å². The third-order valence-corrected chi connectivity index (χ3v) is 3.00. The highest BCUT2D eigenvalue weighted by molar-refractivity contribution is 5.82. The van der Waals surface area contributed by atoms with Crippen LogP contribution in [0.3, 0.4) is 0 Å². The highest BCUT2D eigenvalue weighted by Gasteiger charge is 2.22. The van der Waals surface area contributed by atoms with Crippen LogP contribution in [0.5, 0.6) is 0 Å². The van der Waals surface area contributed by atoms with Gasteiger partial charge in [-0.25, -0.2) is 9.59 Å². The number of rotatable bonds is 8. The number of carbonyl (C=O) groups is 2. The molecule has 7 heteroatoms. The Labute approximate surface area is 123 Å². The van der Waals surface area contributed by atoms with E-state index in [2.05, 4.69) is 10.3 Å². The van der Waals surface area contributed by atoms with Gasteiger partial charge in [0.2, 0.25) is 0 Å². The van der Waals surface area contributed by atoms with E-state index in [1.54, 1.807) is 12.4 Å². The average molecular weight is 295 g/mol. The second kappa shape index (κ2) is 8.91. The molecule has 0 radical (unpaired) electrons. The lowest BCUT2D eigenvalue weighted by Crippen LogP contribution is -2.48. The second-order valence-corrected chi connectivity index (χ2v) is 4.49. The lowest BCUT2D eigenvalue weighted by Gasteiger charge is -2.24. The number of hydrogen-bond acceptors (Lipinski definition) is 4. The number of hydrogen-bond donors (Lipinski definition) is 2. The third-order valence-electron chi connectivity index (χ3n) is 3.00. The molecular weight excluding hydrogens is 274 g/mol. The summed E-state index contributed by atoms with van der Waals surface area (Å²) < 4.78 is 4.85. The van der Waals surface area contributed by atoms with Gasteiger partial charge in [0.25, 0.3) is 0 Å². The van der Waals surface area contributed by atoms with Crippen molar-refractivity contribution in [3.05, 3.63) is 30.1 Å². The molecule has 1 heterocycles. The molecule has 116 valence electrons. The largest absolute Gasteiger partial charge is 0.480 e. The SMILES string of the molecule is CCN(Cc1ccncc1)C(=O)NC(CCOC)C(=O)O. The molecule has 1 rings (SSSR count). The van der Waals surface area contributed by atoms with Crippen molar-refractivity contribution < 1.29 is 19.4 Å². The van der Waals surface area contributed by atoms with Crippen LogP contribution >= 0.6 is 0 Å². The van der Waals surface area contributed by atoms with Gasteiger partial charge < -0.3 is 20.1 Å². The molecule has 1 atom stereocenters. The maximum Gasteiger partial charge on any atom is 0.326 e. The predicted molar refractivity (Wildman–Crippen MR) is 76.8 cm³/mol. The highest BCUT2D eigenvalue weighted by atomic mass is 16.5. The molecule has 0 aliphatic carbocycles. The first-order valence-corrected chi connectivity index (χ1v) is 6.74. The predicted octanol–water partition coefficient (Wildman–Crippen LogP) is 1.10. The van der Waals surface area contributed by atoms with Crippen LogP contribution in [-0.4, -0.2) is 53.3 Å². The Balaban J connectivity index is 2.62. The topological polar surface area (TPSA) is 91.8 Å². The Bertz CT molecular complexity index is 453. The number of aromatic nitrogens is 1. The molecule has 0 saturated heterocycles. The number of ether oxygens (including phenoxy) is 1. The summed E-state index contributed by atoms with van der Waals surface area (Å²) in [5.74, 6) is -1.07. The first-order chi connectivity index (χ1) is 10.1. The summed E-state index contributed by atoms with van der Waals surface area (Å²) in [7, 11) is 1.49. The fraction of sp³-hybridized carbons (Fsp3) is 0.500. The van der Waals surface area contributed by atoms with Gasteiger partial charge in [-0.15, -0.1) is 0 Å². The summed E-state index contributed by atoms with van der Waals surface area (Å²) in [5.41, 5.74) is 0.936. The van der Waals surface area contributed by atoms with Crippen molar-refractivity contribution in [2.75, 3.05) is 20.3 Å². The van der Waals surface area contributed by atoms with Crippen molar-refractivity contribution in [1.82, 2.24) is 15.2 Å². The van der Waals surface area contributed by atoms with Crippen molar-refractivity contribution in [1.29, 1.82) is 0 Å². The first kappa shape index (κ1) is 16.9. The van der Waals surface area contributed by atoms with Crippen molar-refractivity contribution in [2.24, 2.45) is 0 Å². The summed E-state index contributed by atoms with van der Waals surface area (Å²) in [6.07, 6.45) is 3.53. The summed E-state index contributed by atoms with van der Waals surface area (Å²) in [5, 5.41) is 11.6. The van der Waals surface area contributed by atoms with Crippen molar-refractivity contribution in [3.63, 3.8) is 0 Å². The van der Waals surface area contributed by atoms with Crippen LogP contribution in [0.25, 0.3) is 0 Å². The Morgan fingerprint density at radius 1 is 1.43 bits per heavy atom. The third kappa shape index (κ3) is 5.78. The Hall–Kier alpha value is -2.15. The number of carboxylic acid groups (broad SMARTS) is 1. The number of nitrogens with zero attached hydrogens (tertiary/aromatic N) is 2. The van der Waals surface area contributed by atoms with E-state index in [4.69, 9.17) is 9.84 Å². The molecular formula is C14H21N3O4. The van der Waals surface area contributed by atoms with E-state index in [-0.39, 0.29) is 13.0 Å². The molecule has 7 nitrogen and oxygen atoms in total. The molecule has 0 spiro atoms. The monoisotopic (exact) mass is 295 g/mol. The maximum atomic E-state index is 12.2. The van der Waals surface area contributed by atoms with Gasteiger partial charge in [-0.05, 0) is 24.6 Å². The summed E-state index contributed by atoms with van der Waals surface area (Å²) in [6, 6.07) is 2.27. The van der Waals surface area contributed by atoms with Gasteiger partial charge in [0.15, 0.2) is 0 Å². The lowest BCUT2D eigenvalue weighted by atomic mass is 10.2. The second-order valence-electron chi connectivity index (χ2n) is 4.49. The summed E-state index contributed by atoms with van der Waals surface area (Å²) in [4.78, 5) is 28.7. The fourth-order valence-corrected chi connectivity index (χ4v) is 1.77. The van der Waals surface area contributed by atoms with Crippen LogP contribution in [0.2, 0.25) is 0 Å². The minimum atomic E-state index is -1.07. The molecule has 1 unspecified atom stereocenters. The Morgan fingerprint density at radius 2 is 2.10 bits per heavy atom. The molecule has 1 aromatic heterocycles. The summed E-state index contributed by atoms with van der Waals surface area (Å²) >= 11 is 0. The molecule has 0 aliphatic heterocycles. The fourth-order valence-electron chi connectivity index (χ4n) is 1.77. The van der Waals surface area contributed by atoms with Gasteiger partial charge in [0, 0.05) is 45.6 Å². The zero-order chi connectivity index (χ0) is 15.7. The lowest BCUT2D eigenvalue weighted by molar-refractivity contribution is -0.139. The van der Waals surface area contributed by atoms with E-state index >= 15 is 0 Å². The van der Waals surface area contributed by atoms with Crippen LogP contribution in [0, 0.1) is 0 Å². The van der Waals surface area contributed by atoms with Gasteiger partial charge in [-0.1, -0.05) is 0 Å². The van der Waals surface area contributed by atoms with Crippen molar-refractivity contribution >= 4 is 12.0 Å². The molecule has 0 aliphatic rings. The molecule has 2 N–H and O–H groups in total. The molecule has 0 aromatic carbocycles. The van der Waals surface area contributed by atoms with Crippen LogP contribution in [-0.2, 0) is 16.1 Å². The molecule has 1 aromatic rings. The van der Waals surface area contributed by atoms with Crippen LogP contribution in [0.4, 0.5) is 4.79 Å². The Kier molecular flexibility index (Phi) is 7.17. The van der Waals surface area contributed by atoms with Gasteiger partial charge in [-0.2, -0.15) is 0 Å². The normalized spacial score (nSPS) is 11.7. The quantitative estimate of drug-likeness (QED) is 0.749. The van der Waals surface area contributed by atoms with E-state index in [9.17, 15) is 9.59 Å². The average Bonchev–Trinajstić information content (AvgIpc) is 2.49. The standard InChI is InChI=1S/C14H21N3O4/c1-3-17(10-11-4-7-15-8-5-11)14(20)16-12(13(18)19)6-9-21-2/h4-5,7-8,12H,3,6,9-10H2,1-2H3,(H,16,20)(H,18,19). The van der Waals surface area contributed by atoms with E-state index in [0.717, 1.165) is 5.56 Å². The number of urea groups is 1. The molecule has 0 fully saturated rings. The van der Waals surface area contributed by atoms with Crippen molar-refractivity contribution in [2.45, 2.75) is 25.9 Å². The zero-order valence-corrected chi connectivity index (χ0v) is 12.3. The number of aliphatic carboxylic acids is 1. The van der Waals surface area contributed by atoms with Gasteiger partial charge in [-0.3, -0.25) is 4.98 Å². The highest BCUT2D eigenvalue weighted by Crippen LogP contribution is 2.04. The molecule has 0 saturated carbocycles. The first-order valence-electron chi connectivity index (χ1n) is 6.74. The smallest absolute Gasteiger partial charge is 0.326 e. The van der Waals surface area contributed by atoms with Crippen LogP contribution in [0.15, 0.2) is 24.5 Å². The minimum absolute atomic E-state index is 0.227. The molecule has 0 bridgehead atoms. The molecule has 21 heavy (non-hydrogen) atoms. The molecule has 2 amide bonds. The number of carbonyl (C=O) groups excluding carboxylic acids is 1. The number of carboxylic acids is 1. The van der Waals surface area contributed by atoms with E-state index < -0.39 is 18.0 Å². The van der Waals surface area contributed by atoms with Gasteiger partial charge in [0.1, 0.15) is 6.04 Å². The number of pyridine rings is 1. The number of amides is 2. The van der Waals surface area contributed by atoms with Crippen LogP contribution < -0.4 is 5.32 Å². The Morgan fingerprint density at radius 3 is 2.62 bits per heavy atom. The van der Waals surface area contributed by atoms with Crippen LogP contribution in [0.1, 0.15) is 18.9 Å². The number of nitrogens with one attached hydrogen (secondary N) is 1. The van der Waals surface area contributed by atoms with E-state index in [1.807, 2.05) is 19.1 Å². The zero-order valence-electron chi connectivity index (χ0n) is 12.3. The summed E-state index contributed by atoms with van der Waals surface area (Å²) in [6.45, 7) is 2.99. The minimum Gasteiger partial charge on any atom is -0.480 e.